The Morgan fingerprint density at radius 3 is 2.11 bits per heavy atom. The maximum absolute atomic E-state index is 13.4. The maximum Gasteiger partial charge on any atom is 0.312 e. The zero-order valence-corrected chi connectivity index (χ0v) is 24.0. The van der Waals surface area contributed by atoms with Crippen molar-refractivity contribution in [3.8, 4) is 0 Å². The molecular formula is C32H50O4. The van der Waals surface area contributed by atoms with Crippen LogP contribution in [0.2, 0.25) is 0 Å². The summed E-state index contributed by atoms with van der Waals surface area (Å²) in [6.45, 7) is 20.7. The highest BCUT2D eigenvalue weighted by molar-refractivity contribution is 5.78. The molecule has 0 aromatic rings. The van der Waals surface area contributed by atoms with Crippen LogP contribution in [-0.4, -0.2) is 26.2 Å². The number of esters is 2. The predicted molar refractivity (Wildman–Crippen MR) is 144 cm³/mol. The van der Waals surface area contributed by atoms with Gasteiger partial charge in [0.2, 0.25) is 0 Å². The molecule has 0 heterocycles. The molecule has 0 N–H and O–H groups in total. The molecule has 0 unspecified atom stereocenters. The summed E-state index contributed by atoms with van der Waals surface area (Å²) in [4.78, 5) is 25.6. The standard InChI is InChI=1S/C32H50O4/c1-20(2)22-12-17-32(28(34)36-9)19-18-30(6)24(27(22)32)10-11-25-29(5,15-14-26(33)35-8)23(21(3)4)13-16-31(25,30)7/h22-25,27H,1,3,10-19H2,2,4-9H3/t22-,23-,24+,25+,27+,29-,30+,31+,32-/m0/s1. The molecule has 4 aliphatic rings. The average Bonchev–Trinajstić information content (AvgIpc) is 3.23. The van der Waals surface area contributed by atoms with E-state index in [0.717, 1.165) is 51.4 Å². The second-order valence-corrected chi connectivity index (χ2v) is 13.8. The number of methoxy groups -OCH3 is 2. The van der Waals surface area contributed by atoms with Crippen molar-refractivity contribution in [3.05, 3.63) is 24.3 Å². The third kappa shape index (κ3) is 3.67. The molecule has 0 aliphatic heterocycles. The minimum absolute atomic E-state index is 0.0134. The first-order chi connectivity index (χ1) is 16.8. The number of ether oxygens (including phenoxy) is 2. The molecule has 0 spiro atoms. The zero-order valence-electron chi connectivity index (χ0n) is 24.0. The summed E-state index contributed by atoms with van der Waals surface area (Å²) in [5.74, 6) is 2.04. The first kappa shape index (κ1) is 27.5. The van der Waals surface area contributed by atoms with Gasteiger partial charge in [-0.25, -0.2) is 0 Å². The van der Waals surface area contributed by atoms with Gasteiger partial charge in [0.25, 0.3) is 0 Å². The van der Waals surface area contributed by atoms with Crippen LogP contribution in [0.15, 0.2) is 24.3 Å². The van der Waals surface area contributed by atoms with Gasteiger partial charge >= 0.3 is 11.9 Å². The van der Waals surface area contributed by atoms with E-state index >= 15 is 0 Å². The van der Waals surface area contributed by atoms with Crippen molar-refractivity contribution in [1.29, 1.82) is 0 Å². The SMILES string of the molecule is C=C(C)[C@@H]1CC[C@]2(C(=O)OC)CC[C@]3(C)[C@H](CC[C@@H]4[C@@](C)(CCC(=O)OC)[C@H](C(=C)C)CC[C@]43C)[C@@H]12. The lowest BCUT2D eigenvalue weighted by Gasteiger charge is -2.70. The quantitative estimate of drug-likeness (QED) is 0.281. The van der Waals surface area contributed by atoms with Gasteiger partial charge in [-0.15, -0.1) is 0 Å². The molecule has 4 nitrogen and oxygen atoms in total. The minimum atomic E-state index is -0.352. The van der Waals surface area contributed by atoms with Crippen LogP contribution in [0, 0.1) is 51.2 Å². The summed E-state index contributed by atoms with van der Waals surface area (Å²) in [7, 11) is 3.06. The molecule has 4 fully saturated rings. The molecule has 0 aromatic carbocycles. The van der Waals surface area contributed by atoms with Gasteiger partial charge in [-0.3, -0.25) is 9.59 Å². The topological polar surface area (TPSA) is 52.6 Å². The van der Waals surface area contributed by atoms with Crippen LogP contribution in [0.25, 0.3) is 0 Å². The van der Waals surface area contributed by atoms with E-state index < -0.39 is 0 Å². The van der Waals surface area contributed by atoms with E-state index in [1.807, 2.05) is 0 Å². The van der Waals surface area contributed by atoms with Gasteiger partial charge in [-0.1, -0.05) is 45.1 Å². The van der Waals surface area contributed by atoms with Gasteiger partial charge in [0.1, 0.15) is 0 Å². The van der Waals surface area contributed by atoms with Gasteiger partial charge in [-0.05, 0) is 117 Å². The molecule has 0 bridgehead atoms. The summed E-state index contributed by atoms with van der Waals surface area (Å²) < 4.78 is 10.5. The highest BCUT2D eigenvalue weighted by atomic mass is 16.5. The van der Waals surface area contributed by atoms with Gasteiger partial charge in [0.05, 0.1) is 19.6 Å². The summed E-state index contributed by atoms with van der Waals surface area (Å²) in [5, 5.41) is 0. The van der Waals surface area contributed by atoms with Crippen LogP contribution in [0.1, 0.15) is 98.8 Å². The Balaban J connectivity index is 1.77. The number of allylic oxidation sites excluding steroid dienone is 2. The van der Waals surface area contributed by atoms with Crippen LogP contribution in [0.3, 0.4) is 0 Å². The van der Waals surface area contributed by atoms with Crippen LogP contribution in [0.5, 0.6) is 0 Å². The number of carbonyl (C=O) groups excluding carboxylic acids is 2. The summed E-state index contributed by atoms with van der Waals surface area (Å²) >= 11 is 0. The van der Waals surface area contributed by atoms with Crippen LogP contribution >= 0.6 is 0 Å². The Hall–Kier alpha value is -1.58. The summed E-state index contributed by atoms with van der Waals surface area (Å²) in [6, 6.07) is 0. The Morgan fingerprint density at radius 1 is 0.833 bits per heavy atom. The van der Waals surface area contributed by atoms with E-state index in [-0.39, 0.29) is 33.6 Å². The number of hydrogen-bond donors (Lipinski definition) is 0. The summed E-state index contributed by atoms with van der Waals surface area (Å²) in [6.07, 6.45) is 9.90. The smallest absolute Gasteiger partial charge is 0.312 e. The molecule has 0 aromatic heterocycles. The van der Waals surface area contributed by atoms with Crippen LogP contribution < -0.4 is 0 Å². The fraction of sp³-hybridized carbons (Fsp3) is 0.812. The van der Waals surface area contributed by atoms with Gasteiger partial charge in [-0.2, -0.15) is 0 Å². The second kappa shape index (κ2) is 9.31. The molecule has 9 atom stereocenters. The monoisotopic (exact) mass is 498 g/mol. The Bertz CT molecular complexity index is 936. The van der Waals surface area contributed by atoms with Crippen molar-refractivity contribution in [3.63, 3.8) is 0 Å². The molecule has 36 heavy (non-hydrogen) atoms. The van der Waals surface area contributed by atoms with E-state index in [0.29, 0.717) is 36.0 Å². The van der Waals surface area contributed by atoms with Crippen molar-refractivity contribution >= 4 is 11.9 Å². The Morgan fingerprint density at radius 2 is 1.53 bits per heavy atom. The molecule has 202 valence electrons. The van der Waals surface area contributed by atoms with Crippen LogP contribution in [-0.2, 0) is 19.1 Å². The zero-order chi connectivity index (χ0) is 26.7. The second-order valence-electron chi connectivity index (χ2n) is 13.8. The van der Waals surface area contributed by atoms with Gasteiger partial charge in [0.15, 0.2) is 0 Å². The van der Waals surface area contributed by atoms with Crippen molar-refractivity contribution < 1.29 is 19.1 Å². The number of rotatable bonds is 6. The molecule has 4 heteroatoms. The molecule has 0 saturated heterocycles. The summed E-state index contributed by atoms with van der Waals surface area (Å²) in [5.41, 5.74) is 2.44. The van der Waals surface area contributed by atoms with Crippen molar-refractivity contribution in [2.75, 3.05) is 14.2 Å². The van der Waals surface area contributed by atoms with Crippen molar-refractivity contribution in [1.82, 2.24) is 0 Å². The van der Waals surface area contributed by atoms with Crippen molar-refractivity contribution in [2.45, 2.75) is 98.8 Å². The van der Waals surface area contributed by atoms with E-state index in [4.69, 9.17) is 9.47 Å². The first-order valence-corrected chi connectivity index (χ1v) is 14.3. The Labute approximate surface area is 219 Å². The lowest BCUT2D eigenvalue weighted by atomic mass is 9.34. The lowest BCUT2D eigenvalue weighted by Crippen LogP contribution is -2.64. The number of fused-ring (bicyclic) bond motifs is 5. The van der Waals surface area contributed by atoms with E-state index in [9.17, 15) is 9.59 Å². The molecular weight excluding hydrogens is 448 g/mol. The molecule has 0 radical (unpaired) electrons. The minimum Gasteiger partial charge on any atom is -0.469 e. The van der Waals surface area contributed by atoms with E-state index in [1.165, 1.54) is 24.7 Å². The van der Waals surface area contributed by atoms with Crippen molar-refractivity contribution in [2.24, 2.45) is 51.2 Å². The third-order valence-corrected chi connectivity index (χ3v) is 12.6. The number of carbonyl (C=O) groups is 2. The van der Waals surface area contributed by atoms with E-state index in [1.54, 1.807) is 7.11 Å². The highest BCUT2D eigenvalue weighted by Crippen LogP contribution is 2.76. The fourth-order valence-corrected chi connectivity index (χ4v) is 10.7. The van der Waals surface area contributed by atoms with Gasteiger partial charge in [0, 0.05) is 6.42 Å². The fourth-order valence-electron chi connectivity index (χ4n) is 10.7. The third-order valence-electron chi connectivity index (χ3n) is 12.6. The first-order valence-electron chi connectivity index (χ1n) is 14.3. The van der Waals surface area contributed by atoms with E-state index in [2.05, 4.69) is 47.8 Å². The largest absolute Gasteiger partial charge is 0.469 e. The molecule has 4 aliphatic carbocycles. The predicted octanol–water partition coefficient (Wildman–Crippen LogP) is 7.53. The normalized spacial score (nSPS) is 45.6. The average molecular weight is 499 g/mol. The molecule has 4 rings (SSSR count). The number of hydrogen-bond acceptors (Lipinski definition) is 4. The lowest BCUT2D eigenvalue weighted by molar-refractivity contribution is -0.220. The molecule has 0 amide bonds. The Kier molecular flexibility index (Phi) is 7.10. The van der Waals surface area contributed by atoms with Crippen LogP contribution in [0.4, 0.5) is 0 Å². The maximum atomic E-state index is 13.4. The van der Waals surface area contributed by atoms with Gasteiger partial charge < -0.3 is 9.47 Å². The highest BCUT2D eigenvalue weighted by Gasteiger charge is 2.70. The molecule has 4 saturated carbocycles.